The number of allylic oxidation sites excluding steroid dienone is 5. The highest BCUT2D eigenvalue weighted by Gasteiger charge is 2.19. The molecule has 4 N–H and O–H groups in total. The summed E-state index contributed by atoms with van der Waals surface area (Å²) in [6, 6.07) is 38.5. The predicted molar refractivity (Wildman–Crippen MR) is 336 cm³/mol. The fourth-order valence-corrected chi connectivity index (χ4v) is 7.47. The number of esters is 3. The number of unbranched alkanes of at least 4 members (excludes halogenated alkanes) is 4. The van der Waals surface area contributed by atoms with Crippen LogP contribution >= 0.6 is 0 Å². The number of carboxylic acid groups (broad SMARTS) is 1. The second-order valence-corrected chi connectivity index (χ2v) is 18.6. The van der Waals surface area contributed by atoms with Gasteiger partial charge in [0.25, 0.3) is 0 Å². The van der Waals surface area contributed by atoms with Crippen molar-refractivity contribution < 1.29 is 68.1 Å². The molecule has 0 saturated heterocycles. The van der Waals surface area contributed by atoms with Crippen LogP contribution in [-0.4, -0.2) is 83.8 Å². The maximum atomic E-state index is 11.0. The van der Waals surface area contributed by atoms with Gasteiger partial charge in [0.05, 0.1) is 40.6 Å². The van der Waals surface area contributed by atoms with Gasteiger partial charge in [0, 0.05) is 36.8 Å². The molecule has 5 aromatic carbocycles. The number of carbonyl (C=O) groups excluding carboxylic acids is 5. The van der Waals surface area contributed by atoms with Crippen LogP contribution in [0.1, 0.15) is 165 Å². The van der Waals surface area contributed by atoms with Crippen molar-refractivity contribution >= 4 is 72.4 Å². The van der Waals surface area contributed by atoms with Crippen molar-refractivity contribution in [3.05, 3.63) is 213 Å². The van der Waals surface area contributed by atoms with Crippen molar-refractivity contribution in [2.45, 2.75) is 124 Å². The van der Waals surface area contributed by atoms with Gasteiger partial charge in [-0.2, -0.15) is 0 Å². The minimum atomic E-state index is -0.756. The van der Waals surface area contributed by atoms with E-state index in [9.17, 15) is 33.9 Å². The van der Waals surface area contributed by atoms with Crippen molar-refractivity contribution in [1.29, 1.82) is 0 Å². The van der Waals surface area contributed by atoms with Gasteiger partial charge in [0.2, 0.25) is 0 Å². The molecule has 1 heterocycles. The lowest BCUT2D eigenvalue weighted by Gasteiger charge is -2.01. The molecule has 1 aliphatic rings. The monoisotopic (exact) mass is 1150 g/mol. The number of ether oxygens (including phenoxy) is 4. The average Bonchev–Trinajstić information content (AvgIpc) is 4.16. The Balaban J connectivity index is 0.000000530. The van der Waals surface area contributed by atoms with Crippen LogP contribution in [0.5, 0.6) is 0 Å². The van der Waals surface area contributed by atoms with Crippen molar-refractivity contribution in [3.63, 3.8) is 0 Å². The quantitative estimate of drug-likeness (QED) is 0.0133. The van der Waals surface area contributed by atoms with Gasteiger partial charge in [0.1, 0.15) is 0 Å². The highest BCUT2D eigenvalue weighted by Crippen LogP contribution is 2.27. The molecule has 0 amide bonds. The number of carbonyl (C=O) groups is 6. The summed E-state index contributed by atoms with van der Waals surface area (Å²) in [6.45, 7) is 3.82. The van der Waals surface area contributed by atoms with Crippen LogP contribution in [-0.2, 0) is 56.1 Å². The van der Waals surface area contributed by atoms with E-state index in [4.69, 9.17) is 20.1 Å². The van der Waals surface area contributed by atoms with E-state index in [0.717, 1.165) is 101 Å². The summed E-state index contributed by atoms with van der Waals surface area (Å²) in [5, 5.41) is 36.1. The SMILES string of the molecule is C.CC(O)/C=C/c1ccccc1/C=C\CCCC(=O)O.COC(=O)CCC/C=C\c1ccccc1/C=C/C(C)=O.COC(=O)CCC/C=C\c1ccccc1C=O.COC(=O)CCC/C=C\c1ccccc1CO.OC1OCc2ccccc21. The van der Waals surface area contributed by atoms with Crippen LogP contribution < -0.4 is 0 Å². The number of aliphatic carboxylic acids is 1. The zero-order valence-corrected chi connectivity index (χ0v) is 48.5. The third-order valence-corrected chi connectivity index (χ3v) is 12.0. The summed E-state index contributed by atoms with van der Waals surface area (Å²) in [4.78, 5) is 64.8. The molecule has 2 unspecified atom stereocenters. The molecule has 0 saturated carbocycles. The number of hydrogen-bond acceptors (Lipinski definition) is 13. The summed E-state index contributed by atoms with van der Waals surface area (Å²) < 4.78 is 18.7. The molecule has 84 heavy (non-hydrogen) atoms. The van der Waals surface area contributed by atoms with E-state index in [1.807, 2.05) is 176 Å². The molecule has 0 aromatic heterocycles. The van der Waals surface area contributed by atoms with Crippen molar-refractivity contribution in [2.24, 2.45) is 0 Å². The molecule has 2 atom stereocenters. The zero-order chi connectivity index (χ0) is 60.9. The standard InChI is InChI=1S/C17H20O3.C16H20O3.C14H18O3.C14H16O3.C8H8O2.CH4/c1-14(18)12-13-16-10-7-6-9-15(16)8-4-3-5-11-17(19)20-2;1-13(17)11-12-15-9-6-5-8-14(15)7-3-2-4-10-16(18)19;2*1-17-14(16)10-4-2-3-7-12-8-5-6-9-13(12)11-15;9-8-7-4-2-1-3-6(7)5-10-8;/h4,6-10,12-13H,3,5,11H2,1-2H3;3,5-9,11-13,17H,2,4,10H2,1H3,(H,18,19);3,5-9,15H,2,4,10-11H2,1H3;3,5-9,11H,2,4,10H2,1H3;1-4,8-9H,5H2;1H4/b8-4-,13-12+;7-3-,12-11+;2*7-3-;;. The van der Waals surface area contributed by atoms with E-state index in [2.05, 4.69) is 14.2 Å². The van der Waals surface area contributed by atoms with Crippen LogP contribution in [0, 0.1) is 0 Å². The molecule has 450 valence electrons. The smallest absolute Gasteiger partial charge is 0.305 e. The molecule has 6 rings (SSSR count). The third kappa shape index (κ3) is 33.5. The number of aldehydes is 1. The highest BCUT2D eigenvalue weighted by molar-refractivity contribution is 5.92. The molecule has 0 fully saturated rings. The molecular formula is C70H86O14. The Morgan fingerprint density at radius 1 is 0.548 bits per heavy atom. The van der Waals surface area contributed by atoms with Gasteiger partial charge in [0.15, 0.2) is 18.4 Å². The van der Waals surface area contributed by atoms with E-state index >= 15 is 0 Å². The summed E-state index contributed by atoms with van der Waals surface area (Å²) in [5.74, 6) is -1.26. The Hall–Kier alpha value is -8.40. The molecule has 0 spiro atoms. The Labute approximate surface area is 497 Å². The van der Waals surface area contributed by atoms with Gasteiger partial charge >= 0.3 is 23.9 Å². The van der Waals surface area contributed by atoms with E-state index < -0.39 is 18.4 Å². The molecule has 0 radical (unpaired) electrons. The molecule has 5 aromatic rings. The molecular weight excluding hydrogens is 1060 g/mol. The fraction of sp³-hybridized carbons (Fsp3) is 0.314. The van der Waals surface area contributed by atoms with Gasteiger partial charge in [-0.05, 0) is 116 Å². The minimum Gasteiger partial charge on any atom is -0.481 e. The van der Waals surface area contributed by atoms with Crippen molar-refractivity contribution in [2.75, 3.05) is 21.3 Å². The molecule has 1 aliphatic heterocycles. The van der Waals surface area contributed by atoms with Gasteiger partial charge in [-0.25, -0.2) is 0 Å². The zero-order valence-electron chi connectivity index (χ0n) is 48.5. The Bertz CT molecular complexity index is 2910. The Morgan fingerprint density at radius 3 is 1.32 bits per heavy atom. The second-order valence-electron chi connectivity index (χ2n) is 18.6. The average molecular weight is 1150 g/mol. The summed E-state index contributed by atoms with van der Waals surface area (Å²) in [7, 11) is 4.18. The lowest BCUT2D eigenvalue weighted by Crippen LogP contribution is -1.98. The number of fused-ring (bicyclic) bond motifs is 1. The van der Waals surface area contributed by atoms with Crippen molar-refractivity contribution in [3.8, 4) is 0 Å². The lowest BCUT2D eigenvalue weighted by molar-refractivity contribution is -0.141. The molecule has 0 aliphatic carbocycles. The van der Waals surface area contributed by atoms with E-state index in [1.54, 1.807) is 25.1 Å². The van der Waals surface area contributed by atoms with Crippen molar-refractivity contribution in [1.82, 2.24) is 0 Å². The van der Waals surface area contributed by atoms with E-state index in [1.165, 1.54) is 28.3 Å². The van der Waals surface area contributed by atoms with E-state index in [-0.39, 0.29) is 44.1 Å². The first-order valence-corrected chi connectivity index (χ1v) is 27.6. The number of methoxy groups -OCH3 is 3. The highest BCUT2D eigenvalue weighted by atomic mass is 16.6. The fourth-order valence-electron chi connectivity index (χ4n) is 7.47. The number of aliphatic hydroxyl groups is 3. The Morgan fingerprint density at radius 2 is 0.917 bits per heavy atom. The summed E-state index contributed by atoms with van der Waals surface area (Å²) in [5.41, 5.74) is 9.68. The first kappa shape index (κ1) is 73.6. The van der Waals surface area contributed by atoms with Gasteiger partial charge in [-0.3, -0.25) is 28.8 Å². The summed E-state index contributed by atoms with van der Waals surface area (Å²) >= 11 is 0. The van der Waals surface area contributed by atoms with Gasteiger partial charge in [-0.15, -0.1) is 0 Å². The number of aliphatic hydroxyl groups excluding tert-OH is 3. The topological polar surface area (TPSA) is 220 Å². The van der Waals surface area contributed by atoms with Gasteiger partial charge < -0.3 is 39.4 Å². The second kappa shape index (κ2) is 46.1. The van der Waals surface area contributed by atoms with Crippen LogP contribution in [0.15, 0.2) is 158 Å². The maximum Gasteiger partial charge on any atom is 0.305 e. The van der Waals surface area contributed by atoms with Crippen LogP contribution in [0.3, 0.4) is 0 Å². The third-order valence-electron chi connectivity index (χ3n) is 12.0. The number of carboxylic acids is 1. The minimum absolute atomic E-state index is 0. The lowest BCUT2D eigenvalue weighted by atomic mass is 10.1. The first-order valence-electron chi connectivity index (χ1n) is 27.6. The molecule has 0 bridgehead atoms. The van der Waals surface area contributed by atoms with Gasteiger partial charge in [-0.1, -0.05) is 196 Å². The normalized spacial score (nSPS) is 12.6. The number of rotatable bonds is 26. The Kier molecular flexibility index (Phi) is 40.4. The molecule has 14 heteroatoms. The number of hydrogen-bond donors (Lipinski definition) is 4. The first-order chi connectivity index (χ1) is 40.1. The summed E-state index contributed by atoms with van der Waals surface area (Å²) in [6.07, 6.45) is 30.2. The van der Waals surface area contributed by atoms with E-state index in [0.29, 0.717) is 37.9 Å². The largest absolute Gasteiger partial charge is 0.481 e. The van der Waals surface area contributed by atoms with Crippen LogP contribution in [0.2, 0.25) is 0 Å². The number of ketones is 1. The van der Waals surface area contributed by atoms with Crippen LogP contribution in [0.4, 0.5) is 0 Å². The maximum absolute atomic E-state index is 11.0. The predicted octanol–water partition coefficient (Wildman–Crippen LogP) is 14.2. The molecule has 14 nitrogen and oxygen atoms in total. The number of benzene rings is 5. The van der Waals surface area contributed by atoms with Crippen LogP contribution in [0.25, 0.3) is 36.5 Å².